The summed E-state index contributed by atoms with van der Waals surface area (Å²) in [7, 11) is 0. The highest BCUT2D eigenvalue weighted by molar-refractivity contribution is 6.40. The Morgan fingerprint density at radius 3 is 2.17 bits per heavy atom. The third-order valence-electron chi connectivity index (χ3n) is 1.44. The van der Waals surface area contributed by atoms with Crippen LogP contribution in [-0.2, 0) is 4.84 Å². The maximum absolute atomic E-state index is 10.6. The van der Waals surface area contributed by atoms with Crippen molar-refractivity contribution in [2.24, 2.45) is 0 Å². The first-order valence-corrected chi connectivity index (χ1v) is 3.92. The fourth-order valence-electron chi connectivity index (χ4n) is 0.878. The summed E-state index contributed by atoms with van der Waals surface area (Å²) in [5.74, 6) is 0. The van der Waals surface area contributed by atoms with Crippen LogP contribution in [0, 0.1) is 0 Å². The number of hydroxylamine groups is 1. The average molecular weight is 204 g/mol. The molecule has 1 aliphatic rings. The minimum absolute atomic E-state index is 0.397. The van der Waals surface area contributed by atoms with Gasteiger partial charge in [0.15, 0.2) is 0 Å². The molecule has 1 aliphatic heterocycles. The second kappa shape index (κ2) is 2.54. The first-order chi connectivity index (χ1) is 5.70. The van der Waals surface area contributed by atoms with Gasteiger partial charge in [-0.25, -0.2) is 4.79 Å². The number of hydrogen-bond acceptors (Lipinski definition) is 2. The standard InChI is InChI=1S/C7H3Cl2NO2/c8-4-2-1-3-5(9)6(4)10-7(11)12-10/h1-3H. The van der Waals surface area contributed by atoms with Crippen molar-refractivity contribution in [3.8, 4) is 0 Å². The Labute approximate surface area is 78.4 Å². The molecule has 1 saturated heterocycles. The molecule has 0 N–H and O–H groups in total. The van der Waals surface area contributed by atoms with Crippen molar-refractivity contribution in [1.29, 1.82) is 0 Å². The first-order valence-electron chi connectivity index (χ1n) is 3.16. The zero-order valence-electron chi connectivity index (χ0n) is 5.75. The number of amides is 1. The van der Waals surface area contributed by atoms with Crippen molar-refractivity contribution in [3.05, 3.63) is 28.2 Å². The van der Waals surface area contributed by atoms with E-state index in [0.29, 0.717) is 15.7 Å². The van der Waals surface area contributed by atoms with Gasteiger partial charge in [-0.1, -0.05) is 34.3 Å². The topological polar surface area (TPSA) is 32.6 Å². The number of nitrogens with zero attached hydrogens (tertiary/aromatic N) is 1. The van der Waals surface area contributed by atoms with Gasteiger partial charge in [0.2, 0.25) is 0 Å². The number of hydrogen-bond donors (Lipinski definition) is 0. The Morgan fingerprint density at radius 1 is 1.25 bits per heavy atom. The average Bonchev–Trinajstić information content (AvgIpc) is 2.67. The molecule has 0 unspecified atom stereocenters. The van der Waals surface area contributed by atoms with E-state index in [9.17, 15) is 4.79 Å². The number of para-hydroxylation sites is 1. The molecule has 62 valence electrons. The molecule has 0 aliphatic carbocycles. The van der Waals surface area contributed by atoms with Gasteiger partial charge in [0, 0.05) is 0 Å². The van der Waals surface area contributed by atoms with E-state index >= 15 is 0 Å². The SMILES string of the molecule is O=C1ON1c1c(Cl)cccc1Cl. The normalized spacial score (nSPS) is 14.5. The van der Waals surface area contributed by atoms with E-state index < -0.39 is 6.09 Å². The van der Waals surface area contributed by atoms with Gasteiger partial charge in [-0.05, 0) is 12.1 Å². The highest BCUT2D eigenvalue weighted by atomic mass is 35.5. The quantitative estimate of drug-likeness (QED) is 0.658. The summed E-state index contributed by atoms with van der Waals surface area (Å²) in [6, 6.07) is 4.97. The Morgan fingerprint density at radius 2 is 1.75 bits per heavy atom. The van der Waals surface area contributed by atoms with Crippen LogP contribution in [0.4, 0.5) is 10.5 Å². The fourth-order valence-corrected chi connectivity index (χ4v) is 1.43. The number of benzene rings is 1. The Hall–Kier alpha value is -0.930. The summed E-state index contributed by atoms with van der Waals surface area (Å²) in [6.07, 6.45) is -0.440. The smallest absolute Gasteiger partial charge is 0.308 e. The lowest BCUT2D eigenvalue weighted by Crippen LogP contribution is -1.93. The summed E-state index contributed by atoms with van der Waals surface area (Å²) < 4.78 is 0. The van der Waals surface area contributed by atoms with Crippen LogP contribution in [0.1, 0.15) is 0 Å². The van der Waals surface area contributed by atoms with Gasteiger partial charge in [0.05, 0.1) is 10.0 Å². The summed E-state index contributed by atoms with van der Waals surface area (Å²) in [4.78, 5) is 15.1. The molecule has 5 heteroatoms. The molecule has 0 aromatic heterocycles. The molecule has 0 saturated carbocycles. The van der Waals surface area contributed by atoms with Gasteiger partial charge >= 0.3 is 6.09 Å². The number of anilines is 1. The van der Waals surface area contributed by atoms with E-state index in [4.69, 9.17) is 23.2 Å². The van der Waals surface area contributed by atoms with Gasteiger partial charge in [0.1, 0.15) is 5.69 Å². The van der Waals surface area contributed by atoms with Crippen LogP contribution in [0.15, 0.2) is 18.2 Å². The molecule has 1 heterocycles. The van der Waals surface area contributed by atoms with Gasteiger partial charge in [-0.2, -0.15) is 0 Å². The number of carbonyl (C=O) groups is 1. The maximum Gasteiger partial charge on any atom is 0.473 e. The molecular weight excluding hydrogens is 201 g/mol. The third-order valence-corrected chi connectivity index (χ3v) is 2.05. The van der Waals surface area contributed by atoms with Crippen molar-refractivity contribution < 1.29 is 9.63 Å². The predicted molar refractivity (Wildman–Crippen MR) is 45.4 cm³/mol. The zero-order chi connectivity index (χ0) is 8.72. The summed E-state index contributed by atoms with van der Waals surface area (Å²) in [6.45, 7) is 0. The van der Waals surface area contributed by atoms with Crippen molar-refractivity contribution in [1.82, 2.24) is 0 Å². The predicted octanol–water partition coefficient (Wildman–Crippen LogP) is 2.87. The van der Waals surface area contributed by atoms with Gasteiger partial charge < -0.3 is 4.84 Å². The largest absolute Gasteiger partial charge is 0.473 e. The van der Waals surface area contributed by atoms with Gasteiger partial charge in [-0.3, -0.25) is 0 Å². The summed E-state index contributed by atoms with van der Waals surface area (Å²) in [5.41, 5.74) is 0.408. The second-order valence-electron chi connectivity index (χ2n) is 2.22. The van der Waals surface area contributed by atoms with Crippen LogP contribution in [-0.4, -0.2) is 6.09 Å². The Balaban J connectivity index is 2.48. The van der Waals surface area contributed by atoms with Crippen LogP contribution < -0.4 is 5.06 Å². The molecule has 1 aromatic rings. The highest BCUT2D eigenvalue weighted by Crippen LogP contribution is 2.38. The molecular formula is C7H3Cl2NO2. The van der Waals surface area contributed by atoms with E-state index in [1.54, 1.807) is 18.2 Å². The second-order valence-corrected chi connectivity index (χ2v) is 3.04. The molecule has 0 radical (unpaired) electrons. The van der Waals surface area contributed by atoms with Crippen molar-refractivity contribution in [2.75, 3.05) is 5.06 Å². The number of carbonyl (C=O) groups excluding carboxylic acids is 1. The van der Waals surface area contributed by atoms with Crippen LogP contribution in [0.25, 0.3) is 0 Å². The van der Waals surface area contributed by atoms with Crippen LogP contribution in [0.2, 0.25) is 10.0 Å². The number of rotatable bonds is 1. The van der Waals surface area contributed by atoms with Crippen LogP contribution in [0.3, 0.4) is 0 Å². The lowest BCUT2D eigenvalue weighted by molar-refractivity contribution is 0.248. The lowest BCUT2D eigenvalue weighted by atomic mass is 10.3. The molecule has 0 spiro atoms. The molecule has 1 amide bonds. The van der Waals surface area contributed by atoms with Crippen LogP contribution >= 0.6 is 23.2 Å². The molecule has 1 fully saturated rings. The molecule has 2 rings (SSSR count). The molecule has 3 nitrogen and oxygen atoms in total. The minimum atomic E-state index is -0.440. The fraction of sp³-hybridized carbons (Fsp3) is 0. The highest BCUT2D eigenvalue weighted by Gasteiger charge is 2.39. The summed E-state index contributed by atoms with van der Waals surface area (Å²) >= 11 is 11.5. The molecule has 0 atom stereocenters. The molecule has 0 bridgehead atoms. The van der Waals surface area contributed by atoms with E-state index in [2.05, 4.69) is 4.84 Å². The minimum Gasteiger partial charge on any atom is -0.308 e. The molecule has 12 heavy (non-hydrogen) atoms. The zero-order valence-corrected chi connectivity index (χ0v) is 7.26. The van der Waals surface area contributed by atoms with E-state index in [1.807, 2.05) is 0 Å². The van der Waals surface area contributed by atoms with Crippen molar-refractivity contribution >= 4 is 35.0 Å². The van der Waals surface area contributed by atoms with Gasteiger partial charge in [-0.15, -0.1) is 0 Å². The summed E-state index contributed by atoms with van der Waals surface area (Å²) in [5, 5.41) is 1.84. The van der Waals surface area contributed by atoms with Crippen molar-refractivity contribution in [3.63, 3.8) is 0 Å². The monoisotopic (exact) mass is 203 g/mol. The number of halogens is 2. The first kappa shape index (κ1) is 7.71. The van der Waals surface area contributed by atoms with Crippen LogP contribution in [0.5, 0.6) is 0 Å². The van der Waals surface area contributed by atoms with E-state index in [0.717, 1.165) is 5.06 Å². The van der Waals surface area contributed by atoms with E-state index in [-0.39, 0.29) is 0 Å². The van der Waals surface area contributed by atoms with E-state index in [1.165, 1.54) is 0 Å². The van der Waals surface area contributed by atoms with Gasteiger partial charge in [0.25, 0.3) is 0 Å². The lowest BCUT2D eigenvalue weighted by Gasteiger charge is -2.00. The Kier molecular flexibility index (Phi) is 1.63. The van der Waals surface area contributed by atoms with Crippen molar-refractivity contribution in [2.45, 2.75) is 0 Å². The Bertz CT molecular complexity index is 333. The third kappa shape index (κ3) is 1.11. The molecule has 1 aromatic carbocycles. The maximum atomic E-state index is 10.6.